The first kappa shape index (κ1) is 9.58. The SMILES string of the molecule is COc1cc(C)c(C(=O)O)c(C)c1. The van der Waals surface area contributed by atoms with E-state index < -0.39 is 5.97 Å². The molecule has 70 valence electrons. The number of hydrogen-bond acceptors (Lipinski definition) is 2. The van der Waals surface area contributed by atoms with Gasteiger partial charge in [0.2, 0.25) is 0 Å². The van der Waals surface area contributed by atoms with Crippen molar-refractivity contribution in [1.29, 1.82) is 0 Å². The van der Waals surface area contributed by atoms with Gasteiger partial charge in [-0.2, -0.15) is 0 Å². The van der Waals surface area contributed by atoms with Crippen molar-refractivity contribution in [2.45, 2.75) is 13.8 Å². The molecular weight excluding hydrogens is 168 g/mol. The van der Waals surface area contributed by atoms with E-state index in [1.165, 1.54) is 0 Å². The summed E-state index contributed by atoms with van der Waals surface area (Å²) >= 11 is 0. The zero-order valence-corrected chi connectivity index (χ0v) is 7.92. The van der Waals surface area contributed by atoms with E-state index in [0.717, 1.165) is 11.1 Å². The van der Waals surface area contributed by atoms with Gasteiger partial charge >= 0.3 is 5.97 Å². The highest BCUT2D eigenvalue weighted by molar-refractivity contribution is 5.91. The number of aryl methyl sites for hydroxylation is 2. The largest absolute Gasteiger partial charge is 0.497 e. The van der Waals surface area contributed by atoms with Gasteiger partial charge < -0.3 is 9.84 Å². The average molecular weight is 180 g/mol. The number of aromatic carboxylic acids is 1. The van der Waals surface area contributed by atoms with Gasteiger partial charge in [-0.05, 0) is 37.1 Å². The molecule has 0 unspecified atom stereocenters. The summed E-state index contributed by atoms with van der Waals surface area (Å²) in [6, 6.07) is 3.44. The van der Waals surface area contributed by atoms with E-state index in [4.69, 9.17) is 9.84 Å². The van der Waals surface area contributed by atoms with E-state index in [1.807, 2.05) is 0 Å². The van der Waals surface area contributed by atoms with Gasteiger partial charge in [0.1, 0.15) is 5.75 Å². The Balaban J connectivity index is 3.31. The van der Waals surface area contributed by atoms with Crippen LogP contribution in [-0.2, 0) is 0 Å². The van der Waals surface area contributed by atoms with Crippen LogP contribution in [0, 0.1) is 13.8 Å². The lowest BCUT2D eigenvalue weighted by Crippen LogP contribution is -2.03. The quantitative estimate of drug-likeness (QED) is 0.757. The van der Waals surface area contributed by atoms with Crippen LogP contribution in [0.25, 0.3) is 0 Å². The number of carboxylic acid groups (broad SMARTS) is 1. The van der Waals surface area contributed by atoms with Gasteiger partial charge in [-0.1, -0.05) is 0 Å². The van der Waals surface area contributed by atoms with Gasteiger partial charge in [0.25, 0.3) is 0 Å². The zero-order valence-electron chi connectivity index (χ0n) is 7.92. The van der Waals surface area contributed by atoms with E-state index in [1.54, 1.807) is 33.1 Å². The highest BCUT2D eigenvalue weighted by atomic mass is 16.5. The molecule has 0 aromatic heterocycles. The van der Waals surface area contributed by atoms with E-state index >= 15 is 0 Å². The van der Waals surface area contributed by atoms with Crippen LogP contribution in [0.5, 0.6) is 5.75 Å². The first-order valence-corrected chi connectivity index (χ1v) is 3.94. The zero-order chi connectivity index (χ0) is 10.0. The molecule has 0 radical (unpaired) electrons. The number of rotatable bonds is 2. The van der Waals surface area contributed by atoms with Crippen LogP contribution < -0.4 is 4.74 Å². The Morgan fingerprint density at radius 1 is 1.31 bits per heavy atom. The molecule has 3 heteroatoms. The number of benzene rings is 1. The van der Waals surface area contributed by atoms with Crippen LogP contribution >= 0.6 is 0 Å². The van der Waals surface area contributed by atoms with Crippen molar-refractivity contribution in [3.8, 4) is 5.75 Å². The lowest BCUT2D eigenvalue weighted by atomic mass is 10.0. The highest BCUT2D eigenvalue weighted by Gasteiger charge is 2.11. The van der Waals surface area contributed by atoms with Crippen molar-refractivity contribution in [3.05, 3.63) is 28.8 Å². The smallest absolute Gasteiger partial charge is 0.336 e. The van der Waals surface area contributed by atoms with E-state index in [9.17, 15) is 4.79 Å². The second kappa shape index (κ2) is 3.47. The highest BCUT2D eigenvalue weighted by Crippen LogP contribution is 2.21. The third kappa shape index (κ3) is 1.80. The Morgan fingerprint density at radius 2 is 1.77 bits per heavy atom. The molecule has 1 N–H and O–H groups in total. The normalized spacial score (nSPS) is 9.77. The molecule has 0 saturated carbocycles. The maximum atomic E-state index is 10.8. The molecular formula is C10H12O3. The lowest BCUT2D eigenvalue weighted by Gasteiger charge is -2.07. The van der Waals surface area contributed by atoms with Gasteiger partial charge in [-0.25, -0.2) is 4.79 Å². The first-order chi connectivity index (χ1) is 6.06. The molecule has 0 aliphatic carbocycles. The minimum Gasteiger partial charge on any atom is -0.497 e. The van der Waals surface area contributed by atoms with Crippen molar-refractivity contribution < 1.29 is 14.6 Å². The molecule has 0 spiro atoms. The predicted molar refractivity (Wildman–Crippen MR) is 49.4 cm³/mol. The molecule has 0 atom stereocenters. The fraction of sp³-hybridized carbons (Fsp3) is 0.300. The number of hydrogen-bond donors (Lipinski definition) is 1. The summed E-state index contributed by atoms with van der Waals surface area (Å²) in [7, 11) is 1.56. The second-order valence-electron chi connectivity index (χ2n) is 2.94. The van der Waals surface area contributed by atoms with Crippen LogP contribution in [0.1, 0.15) is 21.5 Å². The van der Waals surface area contributed by atoms with Crippen LogP contribution in [-0.4, -0.2) is 18.2 Å². The molecule has 0 aliphatic heterocycles. The third-order valence-electron chi connectivity index (χ3n) is 1.96. The number of carboxylic acids is 1. The van der Waals surface area contributed by atoms with Crippen molar-refractivity contribution in [3.63, 3.8) is 0 Å². The van der Waals surface area contributed by atoms with Crippen LogP contribution in [0.2, 0.25) is 0 Å². The molecule has 0 amide bonds. The predicted octanol–water partition coefficient (Wildman–Crippen LogP) is 2.01. The third-order valence-corrected chi connectivity index (χ3v) is 1.96. The van der Waals surface area contributed by atoms with Gasteiger partial charge in [-0.15, -0.1) is 0 Å². The van der Waals surface area contributed by atoms with Gasteiger partial charge in [0.15, 0.2) is 0 Å². The number of methoxy groups -OCH3 is 1. The summed E-state index contributed by atoms with van der Waals surface area (Å²) in [5.74, 6) is -0.197. The van der Waals surface area contributed by atoms with Crippen LogP contribution in [0.3, 0.4) is 0 Å². The minimum atomic E-state index is -0.891. The fourth-order valence-corrected chi connectivity index (χ4v) is 1.38. The summed E-state index contributed by atoms with van der Waals surface area (Å²) in [5, 5.41) is 8.87. The summed E-state index contributed by atoms with van der Waals surface area (Å²) in [6.07, 6.45) is 0. The molecule has 13 heavy (non-hydrogen) atoms. The van der Waals surface area contributed by atoms with Crippen LogP contribution in [0.4, 0.5) is 0 Å². The number of ether oxygens (including phenoxy) is 1. The second-order valence-corrected chi connectivity index (χ2v) is 2.94. The first-order valence-electron chi connectivity index (χ1n) is 3.94. The molecule has 0 bridgehead atoms. The maximum Gasteiger partial charge on any atom is 0.336 e. The fourth-order valence-electron chi connectivity index (χ4n) is 1.38. The van der Waals surface area contributed by atoms with E-state index in [2.05, 4.69) is 0 Å². The topological polar surface area (TPSA) is 46.5 Å². The monoisotopic (exact) mass is 180 g/mol. The Bertz CT molecular complexity index is 319. The summed E-state index contributed by atoms with van der Waals surface area (Å²) in [5.41, 5.74) is 1.81. The molecule has 0 fully saturated rings. The van der Waals surface area contributed by atoms with Crippen molar-refractivity contribution in [1.82, 2.24) is 0 Å². The Hall–Kier alpha value is -1.51. The van der Waals surface area contributed by atoms with Gasteiger partial charge in [0.05, 0.1) is 12.7 Å². The molecule has 1 aromatic rings. The Labute approximate surface area is 77.0 Å². The number of carbonyl (C=O) groups is 1. The molecule has 1 rings (SSSR count). The van der Waals surface area contributed by atoms with E-state index in [0.29, 0.717) is 11.3 Å². The van der Waals surface area contributed by atoms with Gasteiger partial charge in [-0.3, -0.25) is 0 Å². The summed E-state index contributed by atoms with van der Waals surface area (Å²) in [6.45, 7) is 3.53. The van der Waals surface area contributed by atoms with Gasteiger partial charge in [0, 0.05) is 0 Å². The lowest BCUT2D eigenvalue weighted by molar-refractivity contribution is 0.0695. The minimum absolute atomic E-state index is 0.362. The Kier molecular flexibility index (Phi) is 2.56. The summed E-state index contributed by atoms with van der Waals surface area (Å²) < 4.78 is 5.02. The molecule has 0 saturated heterocycles. The van der Waals surface area contributed by atoms with E-state index in [-0.39, 0.29) is 0 Å². The summed E-state index contributed by atoms with van der Waals surface area (Å²) in [4.78, 5) is 10.8. The van der Waals surface area contributed by atoms with Crippen molar-refractivity contribution in [2.24, 2.45) is 0 Å². The molecule has 0 aliphatic rings. The molecule has 3 nitrogen and oxygen atoms in total. The molecule has 0 heterocycles. The van der Waals surface area contributed by atoms with Crippen molar-refractivity contribution >= 4 is 5.97 Å². The van der Waals surface area contributed by atoms with Crippen molar-refractivity contribution in [2.75, 3.05) is 7.11 Å². The molecule has 1 aromatic carbocycles. The standard InChI is InChI=1S/C10H12O3/c1-6-4-8(13-3)5-7(2)9(6)10(11)12/h4-5H,1-3H3,(H,11,12). The van der Waals surface area contributed by atoms with Crippen LogP contribution in [0.15, 0.2) is 12.1 Å². The Morgan fingerprint density at radius 3 is 2.08 bits per heavy atom. The maximum absolute atomic E-state index is 10.8. The average Bonchev–Trinajstić information content (AvgIpc) is 2.02.